The van der Waals surface area contributed by atoms with E-state index in [9.17, 15) is 4.79 Å². The molecule has 1 unspecified atom stereocenters. The molecule has 0 radical (unpaired) electrons. The minimum atomic E-state index is -0.953. The van der Waals surface area contributed by atoms with Gasteiger partial charge in [0.05, 0.1) is 6.61 Å². The fourth-order valence-corrected chi connectivity index (χ4v) is 2.20. The van der Waals surface area contributed by atoms with Crippen LogP contribution in [0.15, 0.2) is 30.3 Å². The summed E-state index contributed by atoms with van der Waals surface area (Å²) in [5.74, 6) is -0.190. The Balaban J connectivity index is 1.82. The molecule has 0 aliphatic carbocycles. The van der Waals surface area contributed by atoms with Gasteiger partial charge in [-0.2, -0.15) is 0 Å². The zero-order chi connectivity index (χ0) is 15.1. The Morgan fingerprint density at radius 2 is 2.24 bits per heavy atom. The maximum absolute atomic E-state index is 10.4. The number of aliphatic carboxylic acids is 1. The van der Waals surface area contributed by atoms with Gasteiger partial charge in [0.25, 0.3) is 0 Å². The molecule has 1 aliphatic rings. The first-order valence-electron chi connectivity index (χ1n) is 7.15. The molecule has 1 aromatic carbocycles. The number of hydrogen-bond acceptors (Lipinski definition) is 4. The van der Waals surface area contributed by atoms with E-state index in [0.717, 1.165) is 43.6 Å². The molecule has 1 fully saturated rings. The van der Waals surface area contributed by atoms with Crippen LogP contribution in [0.3, 0.4) is 0 Å². The molecular weight excluding hydrogens is 270 g/mol. The Morgan fingerprint density at radius 3 is 2.90 bits per heavy atom. The van der Waals surface area contributed by atoms with Gasteiger partial charge in [-0.15, -0.1) is 0 Å². The van der Waals surface area contributed by atoms with Crippen molar-refractivity contribution in [3.63, 3.8) is 0 Å². The fourth-order valence-electron chi connectivity index (χ4n) is 2.20. The minimum absolute atomic E-state index is 0.102. The lowest BCUT2D eigenvalue weighted by atomic mass is 10.2. The molecule has 1 heterocycles. The summed E-state index contributed by atoms with van der Waals surface area (Å²) in [6.07, 6.45) is 2.77. The third kappa shape index (κ3) is 5.21. The number of carboxylic acid groups (broad SMARTS) is 1. The molecule has 21 heavy (non-hydrogen) atoms. The second kappa shape index (κ2) is 7.81. The van der Waals surface area contributed by atoms with Crippen molar-refractivity contribution < 1.29 is 19.4 Å². The van der Waals surface area contributed by atoms with Crippen molar-refractivity contribution >= 4 is 12.0 Å². The zero-order valence-electron chi connectivity index (χ0n) is 12.2. The minimum Gasteiger partial charge on any atom is -0.491 e. The van der Waals surface area contributed by atoms with Crippen LogP contribution in [0.5, 0.6) is 5.75 Å². The highest BCUT2D eigenvalue weighted by Gasteiger charge is 2.19. The van der Waals surface area contributed by atoms with Crippen molar-refractivity contribution in [3.8, 4) is 5.75 Å². The van der Waals surface area contributed by atoms with E-state index < -0.39 is 5.97 Å². The van der Waals surface area contributed by atoms with Crippen LogP contribution in [0, 0.1) is 0 Å². The standard InChI is InChI=1S/C16H21NO4/c1-2-17-9-10-20-15(11-17)12-21-14-6-3-13(4-7-14)5-8-16(18)19/h3-8,15H,2,9-12H2,1H3,(H,18,19). The molecule has 0 amide bonds. The number of ether oxygens (including phenoxy) is 2. The normalized spacial score (nSPS) is 19.8. The number of nitrogens with zero attached hydrogens (tertiary/aromatic N) is 1. The van der Waals surface area contributed by atoms with Crippen molar-refractivity contribution in [1.82, 2.24) is 4.90 Å². The molecule has 2 rings (SSSR count). The molecule has 0 saturated carbocycles. The number of carboxylic acids is 1. The van der Waals surface area contributed by atoms with Crippen LogP contribution >= 0.6 is 0 Å². The van der Waals surface area contributed by atoms with Crippen molar-refractivity contribution in [3.05, 3.63) is 35.9 Å². The van der Waals surface area contributed by atoms with E-state index in [0.29, 0.717) is 6.61 Å². The summed E-state index contributed by atoms with van der Waals surface area (Å²) in [5, 5.41) is 8.57. The maximum Gasteiger partial charge on any atom is 0.328 e. The van der Waals surface area contributed by atoms with Crippen LogP contribution in [0.25, 0.3) is 6.08 Å². The Hall–Kier alpha value is -1.85. The SMILES string of the molecule is CCN1CCOC(COc2ccc(C=CC(=O)O)cc2)C1. The maximum atomic E-state index is 10.4. The molecule has 1 aromatic rings. The van der Waals surface area contributed by atoms with E-state index in [1.807, 2.05) is 24.3 Å². The number of rotatable bonds is 6. The van der Waals surface area contributed by atoms with Crippen LogP contribution < -0.4 is 4.74 Å². The Bertz CT molecular complexity index is 484. The molecule has 5 heteroatoms. The number of carbonyl (C=O) groups is 1. The van der Waals surface area contributed by atoms with Gasteiger partial charge in [-0.1, -0.05) is 19.1 Å². The highest BCUT2D eigenvalue weighted by Crippen LogP contribution is 2.14. The molecule has 1 saturated heterocycles. The smallest absolute Gasteiger partial charge is 0.328 e. The van der Waals surface area contributed by atoms with Gasteiger partial charge in [-0.3, -0.25) is 4.90 Å². The second-order valence-electron chi connectivity index (χ2n) is 4.94. The Morgan fingerprint density at radius 1 is 1.48 bits per heavy atom. The fraction of sp³-hybridized carbons (Fsp3) is 0.438. The lowest BCUT2D eigenvalue weighted by Crippen LogP contribution is -2.44. The topological polar surface area (TPSA) is 59.0 Å². The van der Waals surface area contributed by atoms with Gasteiger partial charge in [0.15, 0.2) is 0 Å². The van der Waals surface area contributed by atoms with Crippen LogP contribution in [-0.2, 0) is 9.53 Å². The van der Waals surface area contributed by atoms with E-state index in [-0.39, 0.29) is 6.10 Å². The summed E-state index contributed by atoms with van der Waals surface area (Å²) in [7, 11) is 0. The number of hydrogen-bond donors (Lipinski definition) is 1. The zero-order valence-corrected chi connectivity index (χ0v) is 12.2. The van der Waals surface area contributed by atoms with Gasteiger partial charge < -0.3 is 14.6 Å². The van der Waals surface area contributed by atoms with Gasteiger partial charge in [0, 0.05) is 19.2 Å². The third-order valence-electron chi connectivity index (χ3n) is 3.40. The first-order valence-corrected chi connectivity index (χ1v) is 7.15. The molecule has 114 valence electrons. The van der Waals surface area contributed by atoms with Crippen LogP contribution in [0.1, 0.15) is 12.5 Å². The highest BCUT2D eigenvalue weighted by molar-refractivity contribution is 5.85. The molecule has 1 atom stereocenters. The summed E-state index contributed by atoms with van der Waals surface area (Å²) in [5.41, 5.74) is 0.829. The molecular formula is C16H21NO4. The summed E-state index contributed by atoms with van der Waals surface area (Å²) in [4.78, 5) is 12.8. The van der Waals surface area contributed by atoms with Gasteiger partial charge >= 0.3 is 5.97 Å². The van der Waals surface area contributed by atoms with Crippen LogP contribution in [-0.4, -0.2) is 54.9 Å². The van der Waals surface area contributed by atoms with Crippen LogP contribution in [0.4, 0.5) is 0 Å². The number of likely N-dealkylation sites (N-methyl/N-ethyl adjacent to an activating group) is 1. The lowest BCUT2D eigenvalue weighted by Gasteiger charge is -2.31. The lowest BCUT2D eigenvalue weighted by molar-refractivity contribution is -0.131. The number of benzene rings is 1. The first kappa shape index (κ1) is 15.5. The monoisotopic (exact) mass is 291 g/mol. The quantitative estimate of drug-likeness (QED) is 0.811. The predicted octanol–water partition coefficient (Wildman–Crippen LogP) is 1.88. The second-order valence-corrected chi connectivity index (χ2v) is 4.94. The van der Waals surface area contributed by atoms with E-state index in [2.05, 4.69) is 11.8 Å². The van der Waals surface area contributed by atoms with E-state index in [1.165, 1.54) is 0 Å². The molecule has 5 nitrogen and oxygen atoms in total. The molecule has 1 N–H and O–H groups in total. The van der Waals surface area contributed by atoms with Crippen LogP contribution in [0.2, 0.25) is 0 Å². The largest absolute Gasteiger partial charge is 0.491 e. The summed E-state index contributed by atoms with van der Waals surface area (Å²) in [6, 6.07) is 7.33. The Kier molecular flexibility index (Phi) is 5.78. The van der Waals surface area contributed by atoms with Gasteiger partial charge in [-0.25, -0.2) is 4.79 Å². The Labute approximate surface area is 124 Å². The molecule has 0 spiro atoms. The molecule has 1 aliphatic heterocycles. The average Bonchev–Trinajstić information content (AvgIpc) is 2.52. The van der Waals surface area contributed by atoms with Gasteiger partial charge in [0.2, 0.25) is 0 Å². The van der Waals surface area contributed by atoms with Crippen molar-refractivity contribution in [2.24, 2.45) is 0 Å². The van der Waals surface area contributed by atoms with Gasteiger partial charge in [0.1, 0.15) is 18.5 Å². The third-order valence-corrected chi connectivity index (χ3v) is 3.40. The number of morpholine rings is 1. The van der Waals surface area contributed by atoms with E-state index >= 15 is 0 Å². The van der Waals surface area contributed by atoms with Crippen molar-refractivity contribution in [1.29, 1.82) is 0 Å². The summed E-state index contributed by atoms with van der Waals surface area (Å²) < 4.78 is 11.4. The summed E-state index contributed by atoms with van der Waals surface area (Å²) >= 11 is 0. The molecule has 0 bridgehead atoms. The average molecular weight is 291 g/mol. The summed E-state index contributed by atoms with van der Waals surface area (Å²) in [6.45, 7) is 6.34. The first-order chi connectivity index (χ1) is 10.2. The molecule has 0 aromatic heterocycles. The van der Waals surface area contributed by atoms with Crippen molar-refractivity contribution in [2.45, 2.75) is 13.0 Å². The van der Waals surface area contributed by atoms with E-state index in [1.54, 1.807) is 6.08 Å². The predicted molar refractivity (Wildman–Crippen MR) is 80.5 cm³/mol. The highest BCUT2D eigenvalue weighted by atomic mass is 16.5. The van der Waals surface area contributed by atoms with Crippen molar-refractivity contribution in [2.75, 3.05) is 32.8 Å². The van der Waals surface area contributed by atoms with Gasteiger partial charge in [-0.05, 0) is 30.3 Å². The van der Waals surface area contributed by atoms with E-state index in [4.69, 9.17) is 14.6 Å².